The Bertz CT molecular complexity index is 905. The highest BCUT2D eigenvalue weighted by Crippen LogP contribution is 2.43. The molecule has 1 aromatic carbocycles. The first-order chi connectivity index (χ1) is 14.2. The number of benzene rings is 1. The van der Waals surface area contributed by atoms with Crippen LogP contribution in [-0.4, -0.2) is 39.0 Å². The summed E-state index contributed by atoms with van der Waals surface area (Å²) in [4.78, 5) is 23.9. The smallest absolute Gasteiger partial charge is 0.303 e. The zero-order valence-electron chi connectivity index (χ0n) is 16.4. The third-order valence-electron chi connectivity index (χ3n) is 6.58. The van der Waals surface area contributed by atoms with Gasteiger partial charge in [-0.05, 0) is 48.3 Å². The fourth-order valence-electron chi connectivity index (χ4n) is 5.32. The van der Waals surface area contributed by atoms with Gasteiger partial charge in [-0.15, -0.1) is 0 Å². The second-order valence-electron chi connectivity index (χ2n) is 8.53. The maximum absolute atomic E-state index is 11.4. The largest absolute Gasteiger partial charge is 0.481 e. The van der Waals surface area contributed by atoms with E-state index in [1.54, 1.807) is 24.2 Å². The molecule has 2 fully saturated rings. The lowest BCUT2D eigenvalue weighted by Crippen LogP contribution is -2.45. The van der Waals surface area contributed by atoms with E-state index >= 15 is 0 Å². The van der Waals surface area contributed by atoms with Crippen molar-refractivity contribution >= 4 is 29.2 Å². The van der Waals surface area contributed by atoms with E-state index in [4.69, 9.17) is 0 Å². The summed E-state index contributed by atoms with van der Waals surface area (Å²) in [5, 5.41) is 13.7. The summed E-state index contributed by atoms with van der Waals surface area (Å²) in [5.41, 5.74) is 2.39. The van der Waals surface area contributed by atoms with E-state index in [2.05, 4.69) is 38.4 Å². The molecule has 1 saturated heterocycles. The Morgan fingerprint density at radius 3 is 2.69 bits per heavy atom. The van der Waals surface area contributed by atoms with Crippen molar-refractivity contribution in [1.29, 1.82) is 0 Å². The zero-order valence-corrected chi connectivity index (χ0v) is 17.2. The number of carboxylic acids is 1. The van der Waals surface area contributed by atoms with Gasteiger partial charge in [0.05, 0.1) is 5.69 Å². The van der Waals surface area contributed by atoms with Crippen LogP contribution in [0.4, 0.5) is 11.5 Å². The number of anilines is 2. The highest BCUT2D eigenvalue weighted by atomic mass is 32.2. The van der Waals surface area contributed by atoms with Crippen molar-refractivity contribution in [1.82, 2.24) is 14.9 Å². The van der Waals surface area contributed by atoms with Crippen LogP contribution in [0.2, 0.25) is 0 Å². The molecule has 29 heavy (non-hydrogen) atoms. The van der Waals surface area contributed by atoms with E-state index in [0.717, 1.165) is 36.2 Å². The van der Waals surface area contributed by atoms with Gasteiger partial charge in [-0.2, -0.15) is 0 Å². The molecule has 7 heteroatoms. The van der Waals surface area contributed by atoms with Crippen molar-refractivity contribution in [2.24, 2.45) is 17.8 Å². The molecule has 6 nitrogen and oxygen atoms in total. The molecule has 1 aliphatic carbocycles. The van der Waals surface area contributed by atoms with Crippen molar-refractivity contribution in [3.63, 3.8) is 0 Å². The summed E-state index contributed by atoms with van der Waals surface area (Å²) >= 11 is 1.65. The second-order valence-corrected chi connectivity index (χ2v) is 9.56. The van der Waals surface area contributed by atoms with E-state index in [0.29, 0.717) is 24.2 Å². The predicted octanol–water partition coefficient (Wildman–Crippen LogP) is 4.40. The molecule has 2 unspecified atom stereocenters. The Labute approximate surface area is 175 Å². The average Bonchev–Trinajstić information content (AvgIpc) is 2.81. The standard InChI is InChI=1S/C22H26N4O2S/c27-20(28)10-17-15-3-1-2-4-16(17)13-26(12-15)11-14-5-6-19-18(9-14)25-21-22(29-19)24-8-7-23-21/h5-9,15-17H,1-4,10-13H2,(H,23,25)(H,27,28). The zero-order chi connectivity index (χ0) is 19.8. The number of aromatic nitrogens is 2. The van der Waals surface area contributed by atoms with Crippen LogP contribution in [0.1, 0.15) is 37.7 Å². The van der Waals surface area contributed by atoms with Gasteiger partial charge in [-0.25, -0.2) is 9.97 Å². The summed E-state index contributed by atoms with van der Waals surface area (Å²) in [6, 6.07) is 6.61. The van der Waals surface area contributed by atoms with E-state index in [-0.39, 0.29) is 0 Å². The third-order valence-corrected chi connectivity index (χ3v) is 7.65. The van der Waals surface area contributed by atoms with Gasteiger partial charge in [0.2, 0.25) is 0 Å². The van der Waals surface area contributed by atoms with Gasteiger partial charge in [-0.3, -0.25) is 9.69 Å². The molecule has 1 aromatic heterocycles. The number of nitrogens with one attached hydrogen (secondary N) is 1. The summed E-state index contributed by atoms with van der Waals surface area (Å²) < 4.78 is 0. The SMILES string of the molecule is O=C(O)CC1C2CCCCC1CN(Cc1ccc3c(c1)Nc1nccnc1S3)C2. The number of rotatable bonds is 4. The Hall–Kier alpha value is -2.12. The highest BCUT2D eigenvalue weighted by molar-refractivity contribution is 7.99. The van der Waals surface area contributed by atoms with Crippen LogP contribution in [0.25, 0.3) is 0 Å². The van der Waals surface area contributed by atoms with Crippen LogP contribution < -0.4 is 5.32 Å². The molecule has 152 valence electrons. The van der Waals surface area contributed by atoms with Crippen molar-refractivity contribution in [2.75, 3.05) is 18.4 Å². The molecular weight excluding hydrogens is 384 g/mol. The van der Waals surface area contributed by atoms with Crippen molar-refractivity contribution in [3.05, 3.63) is 36.2 Å². The van der Waals surface area contributed by atoms with Gasteiger partial charge in [0.15, 0.2) is 5.82 Å². The lowest BCUT2D eigenvalue weighted by atomic mass is 9.75. The first-order valence-electron chi connectivity index (χ1n) is 10.5. The normalized spacial score (nSPS) is 26.0. The number of fused-ring (bicyclic) bond motifs is 4. The molecule has 2 aromatic rings. The number of carboxylic acid groups (broad SMARTS) is 1. The first kappa shape index (κ1) is 18.9. The van der Waals surface area contributed by atoms with Gasteiger partial charge < -0.3 is 10.4 Å². The van der Waals surface area contributed by atoms with Gasteiger partial charge in [-0.1, -0.05) is 30.7 Å². The summed E-state index contributed by atoms with van der Waals surface area (Å²) in [6.45, 7) is 2.95. The van der Waals surface area contributed by atoms with Gasteiger partial charge in [0.25, 0.3) is 0 Å². The second kappa shape index (κ2) is 7.95. The molecule has 2 atom stereocenters. The summed E-state index contributed by atoms with van der Waals surface area (Å²) in [6.07, 6.45) is 8.59. The Morgan fingerprint density at radius 2 is 1.93 bits per heavy atom. The van der Waals surface area contributed by atoms with Gasteiger partial charge in [0.1, 0.15) is 5.03 Å². The van der Waals surface area contributed by atoms with E-state index in [9.17, 15) is 9.90 Å². The number of nitrogens with zero attached hydrogens (tertiary/aromatic N) is 3. The molecule has 2 N–H and O–H groups in total. The van der Waals surface area contributed by atoms with Crippen LogP contribution in [0.3, 0.4) is 0 Å². The first-order valence-corrected chi connectivity index (χ1v) is 11.3. The average molecular weight is 411 g/mol. The number of hydrogen-bond donors (Lipinski definition) is 2. The molecule has 0 spiro atoms. The Balaban J connectivity index is 1.31. The number of hydrogen-bond acceptors (Lipinski definition) is 6. The van der Waals surface area contributed by atoms with Crippen LogP contribution in [-0.2, 0) is 11.3 Å². The predicted molar refractivity (Wildman–Crippen MR) is 112 cm³/mol. The lowest BCUT2D eigenvalue weighted by molar-refractivity contribution is -0.140. The summed E-state index contributed by atoms with van der Waals surface area (Å²) in [7, 11) is 0. The lowest BCUT2D eigenvalue weighted by Gasteiger charge is -2.42. The molecule has 3 heterocycles. The van der Waals surface area contributed by atoms with Crippen molar-refractivity contribution in [3.8, 4) is 0 Å². The van der Waals surface area contributed by atoms with Crippen LogP contribution in [0.15, 0.2) is 40.5 Å². The fraction of sp³-hybridized carbons (Fsp3) is 0.500. The molecule has 0 amide bonds. The van der Waals surface area contributed by atoms with Crippen LogP contribution >= 0.6 is 11.8 Å². The Morgan fingerprint density at radius 1 is 1.17 bits per heavy atom. The van der Waals surface area contributed by atoms with Crippen molar-refractivity contribution in [2.45, 2.75) is 48.6 Å². The maximum Gasteiger partial charge on any atom is 0.303 e. The molecular formula is C22H26N4O2S. The quantitative estimate of drug-likeness (QED) is 0.660. The number of aliphatic carboxylic acids is 1. The van der Waals surface area contributed by atoms with Gasteiger partial charge in [0, 0.05) is 43.3 Å². The minimum Gasteiger partial charge on any atom is -0.481 e. The van der Waals surface area contributed by atoms with Crippen molar-refractivity contribution < 1.29 is 9.90 Å². The molecule has 2 aliphatic heterocycles. The topological polar surface area (TPSA) is 78.4 Å². The third kappa shape index (κ3) is 3.98. The van der Waals surface area contributed by atoms with E-state index < -0.39 is 5.97 Å². The molecule has 5 rings (SSSR count). The maximum atomic E-state index is 11.4. The minimum absolute atomic E-state index is 0.337. The number of likely N-dealkylation sites (tertiary alicyclic amines) is 1. The molecule has 3 aliphatic rings. The minimum atomic E-state index is -0.637. The monoisotopic (exact) mass is 410 g/mol. The van der Waals surface area contributed by atoms with E-state index in [1.165, 1.54) is 36.1 Å². The van der Waals surface area contributed by atoms with Gasteiger partial charge >= 0.3 is 5.97 Å². The highest BCUT2D eigenvalue weighted by Gasteiger charge is 2.38. The molecule has 1 saturated carbocycles. The van der Waals surface area contributed by atoms with E-state index in [1.807, 2.05) is 0 Å². The summed E-state index contributed by atoms with van der Waals surface area (Å²) in [5.74, 6) is 1.56. The van der Waals surface area contributed by atoms with Crippen LogP contribution in [0.5, 0.6) is 0 Å². The van der Waals surface area contributed by atoms with Crippen LogP contribution in [0, 0.1) is 17.8 Å². The number of carbonyl (C=O) groups is 1. The molecule has 0 radical (unpaired) electrons. The fourth-order valence-corrected chi connectivity index (χ4v) is 6.20. The Kier molecular flexibility index (Phi) is 5.18. The molecule has 2 bridgehead atoms. The number of piperidine rings is 1.